The Balaban J connectivity index is 2.94. The normalized spacial score (nSPS) is 13.1. The van der Waals surface area contributed by atoms with E-state index in [1.165, 1.54) is 6.07 Å². The van der Waals surface area contributed by atoms with Crippen LogP contribution in [0.2, 0.25) is 0 Å². The van der Waals surface area contributed by atoms with Crippen molar-refractivity contribution in [3.63, 3.8) is 0 Å². The van der Waals surface area contributed by atoms with E-state index >= 15 is 0 Å². The second-order valence-electron chi connectivity index (χ2n) is 4.47. The lowest BCUT2D eigenvalue weighted by Gasteiger charge is -2.15. The first-order valence-electron chi connectivity index (χ1n) is 6.49. The first-order chi connectivity index (χ1) is 9.90. The van der Waals surface area contributed by atoms with Gasteiger partial charge in [0.25, 0.3) is 0 Å². The van der Waals surface area contributed by atoms with Gasteiger partial charge in [0.15, 0.2) is 0 Å². The van der Waals surface area contributed by atoms with Gasteiger partial charge in [0, 0.05) is 24.2 Å². The molecule has 0 aromatic heterocycles. The first-order valence-corrected chi connectivity index (χ1v) is 8.76. The summed E-state index contributed by atoms with van der Waals surface area (Å²) in [6, 6.07) is 4.91. The third kappa shape index (κ3) is 5.91. The number of methoxy groups -OCH3 is 1. The van der Waals surface area contributed by atoms with Crippen LogP contribution in [0, 0.1) is 0 Å². The zero-order valence-electron chi connectivity index (χ0n) is 12.3. The largest absolute Gasteiger partial charge is 0.490 e. The third-order valence-electron chi connectivity index (χ3n) is 2.81. The lowest BCUT2D eigenvalue weighted by Crippen LogP contribution is -2.37. The van der Waals surface area contributed by atoms with Crippen LogP contribution in [-0.4, -0.2) is 48.4 Å². The van der Waals surface area contributed by atoms with Crippen LogP contribution in [0.4, 0.5) is 0 Å². The minimum Gasteiger partial charge on any atom is -0.490 e. The molecule has 0 bridgehead atoms. The summed E-state index contributed by atoms with van der Waals surface area (Å²) in [4.78, 5) is 0.108. The highest BCUT2D eigenvalue weighted by atomic mass is 79.9. The van der Waals surface area contributed by atoms with Gasteiger partial charge in [-0.1, -0.05) is 15.9 Å². The van der Waals surface area contributed by atoms with Crippen molar-refractivity contribution in [1.29, 1.82) is 0 Å². The number of sulfonamides is 1. The second-order valence-corrected chi connectivity index (χ2v) is 7.12. The summed E-state index contributed by atoms with van der Waals surface area (Å²) in [5.41, 5.74) is 0. The molecular weight excluding hydrogens is 360 g/mol. The first kappa shape index (κ1) is 18.4. The Kier molecular flexibility index (Phi) is 7.61. The molecule has 2 N–H and O–H groups in total. The van der Waals surface area contributed by atoms with Gasteiger partial charge in [0.05, 0.1) is 6.61 Å². The Labute approximate surface area is 134 Å². The van der Waals surface area contributed by atoms with Gasteiger partial charge in [-0.15, -0.1) is 0 Å². The maximum absolute atomic E-state index is 12.4. The zero-order chi connectivity index (χ0) is 15.9. The van der Waals surface area contributed by atoms with Gasteiger partial charge in [0.2, 0.25) is 10.0 Å². The molecule has 0 saturated heterocycles. The highest BCUT2D eigenvalue weighted by molar-refractivity contribution is 9.10. The molecule has 0 fully saturated rings. The lowest BCUT2D eigenvalue weighted by molar-refractivity contribution is 0.144. The molecule has 1 aromatic rings. The van der Waals surface area contributed by atoms with Crippen molar-refractivity contribution < 1.29 is 17.9 Å². The van der Waals surface area contributed by atoms with E-state index < -0.39 is 10.0 Å². The predicted octanol–water partition coefficient (Wildman–Crippen LogP) is 1.36. The molecule has 1 atom stereocenters. The van der Waals surface area contributed by atoms with Gasteiger partial charge >= 0.3 is 0 Å². The van der Waals surface area contributed by atoms with Crippen LogP contribution in [0.1, 0.15) is 6.92 Å². The van der Waals surface area contributed by atoms with E-state index in [0.29, 0.717) is 23.4 Å². The molecule has 1 rings (SSSR count). The Morgan fingerprint density at radius 1 is 1.33 bits per heavy atom. The maximum atomic E-state index is 12.4. The zero-order valence-corrected chi connectivity index (χ0v) is 14.8. The SMILES string of the molecule is CNC(C)CNS(=O)(=O)c1cc(Br)ccc1OCCOC. The summed E-state index contributed by atoms with van der Waals surface area (Å²) < 4.78 is 38.4. The monoisotopic (exact) mass is 380 g/mol. The summed E-state index contributed by atoms with van der Waals surface area (Å²) in [7, 11) is -0.308. The summed E-state index contributed by atoms with van der Waals surface area (Å²) in [6.45, 7) is 2.86. The standard InChI is InChI=1S/C13H21BrN2O4S/c1-10(15-2)9-16-21(17,18)13-8-11(14)4-5-12(13)20-7-6-19-3/h4-5,8,10,15-16H,6-7,9H2,1-3H3. The Morgan fingerprint density at radius 3 is 2.67 bits per heavy atom. The van der Waals surface area contributed by atoms with Crippen molar-refractivity contribution in [2.24, 2.45) is 0 Å². The van der Waals surface area contributed by atoms with E-state index in [0.717, 1.165) is 0 Å². The highest BCUT2D eigenvalue weighted by Crippen LogP contribution is 2.27. The Bertz CT molecular complexity index is 551. The number of hydrogen-bond donors (Lipinski definition) is 2. The molecule has 0 amide bonds. The summed E-state index contributed by atoms with van der Waals surface area (Å²) in [6.07, 6.45) is 0. The number of benzene rings is 1. The molecule has 120 valence electrons. The van der Waals surface area contributed by atoms with Crippen LogP contribution in [0.5, 0.6) is 5.75 Å². The summed E-state index contributed by atoms with van der Waals surface area (Å²) in [5, 5.41) is 2.97. The molecule has 0 heterocycles. The van der Waals surface area contributed by atoms with Crippen molar-refractivity contribution in [1.82, 2.24) is 10.0 Å². The lowest BCUT2D eigenvalue weighted by atomic mass is 10.3. The van der Waals surface area contributed by atoms with Gasteiger partial charge in [-0.25, -0.2) is 13.1 Å². The van der Waals surface area contributed by atoms with Crippen LogP contribution in [-0.2, 0) is 14.8 Å². The van der Waals surface area contributed by atoms with Gasteiger partial charge < -0.3 is 14.8 Å². The maximum Gasteiger partial charge on any atom is 0.244 e. The van der Waals surface area contributed by atoms with Crippen molar-refractivity contribution in [3.8, 4) is 5.75 Å². The molecule has 1 aromatic carbocycles. The Hall–Kier alpha value is -0.670. The average molecular weight is 381 g/mol. The average Bonchev–Trinajstić information content (AvgIpc) is 2.46. The Morgan fingerprint density at radius 2 is 2.05 bits per heavy atom. The summed E-state index contributed by atoms with van der Waals surface area (Å²) >= 11 is 3.28. The minimum atomic E-state index is -3.64. The van der Waals surface area contributed by atoms with E-state index in [1.54, 1.807) is 26.3 Å². The van der Waals surface area contributed by atoms with E-state index in [9.17, 15) is 8.42 Å². The van der Waals surface area contributed by atoms with Gasteiger partial charge in [0.1, 0.15) is 17.3 Å². The van der Waals surface area contributed by atoms with Crippen molar-refractivity contribution >= 4 is 26.0 Å². The molecule has 0 radical (unpaired) electrons. The van der Waals surface area contributed by atoms with Crippen LogP contribution < -0.4 is 14.8 Å². The summed E-state index contributed by atoms with van der Waals surface area (Å²) in [5.74, 6) is 0.305. The molecule has 21 heavy (non-hydrogen) atoms. The van der Waals surface area contributed by atoms with Gasteiger partial charge in [-0.2, -0.15) is 0 Å². The number of rotatable bonds is 9. The molecule has 0 aliphatic rings. The number of halogens is 1. The fourth-order valence-corrected chi connectivity index (χ4v) is 3.27. The molecular formula is C13H21BrN2O4S. The predicted molar refractivity (Wildman–Crippen MR) is 85.2 cm³/mol. The number of ether oxygens (including phenoxy) is 2. The molecule has 0 aliphatic heterocycles. The van der Waals surface area contributed by atoms with Crippen LogP contribution in [0.15, 0.2) is 27.6 Å². The van der Waals surface area contributed by atoms with Crippen molar-refractivity contribution in [2.45, 2.75) is 17.9 Å². The third-order valence-corrected chi connectivity index (χ3v) is 4.75. The van der Waals surface area contributed by atoms with E-state index in [4.69, 9.17) is 9.47 Å². The quantitative estimate of drug-likeness (QED) is 0.632. The van der Waals surface area contributed by atoms with Gasteiger partial charge in [-0.05, 0) is 32.2 Å². The van der Waals surface area contributed by atoms with Crippen LogP contribution in [0.3, 0.4) is 0 Å². The van der Waals surface area contributed by atoms with Crippen LogP contribution in [0.25, 0.3) is 0 Å². The fraction of sp³-hybridized carbons (Fsp3) is 0.538. The fourth-order valence-electron chi connectivity index (χ4n) is 1.46. The highest BCUT2D eigenvalue weighted by Gasteiger charge is 2.20. The van der Waals surface area contributed by atoms with E-state index in [2.05, 4.69) is 26.0 Å². The van der Waals surface area contributed by atoms with Crippen LogP contribution >= 0.6 is 15.9 Å². The molecule has 8 heteroatoms. The molecule has 0 spiro atoms. The topological polar surface area (TPSA) is 76.7 Å². The second kappa shape index (κ2) is 8.70. The van der Waals surface area contributed by atoms with Crippen molar-refractivity contribution in [2.75, 3.05) is 33.9 Å². The van der Waals surface area contributed by atoms with Crippen molar-refractivity contribution in [3.05, 3.63) is 22.7 Å². The molecule has 0 aliphatic carbocycles. The molecule has 0 saturated carbocycles. The minimum absolute atomic E-state index is 0.0322. The van der Waals surface area contributed by atoms with Gasteiger partial charge in [-0.3, -0.25) is 0 Å². The number of hydrogen-bond acceptors (Lipinski definition) is 5. The van der Waals surface area contributed by atoms with E-state index in [-0.39, 0.29) is 17.5 Å². The molecule has 6 nitrogen and oxygen atoms in total. The molecule has 1 unspecified atom stereocenters. The smallest absolute Gasteiger partial charge is 0.244 e. The number of nitrogens with one attached hydrogen (secondary N) is 2. The van der Waals surface area contributed by atoms with E-state index in [1.807, 2.05) is 6.92 Å². The number of likely N-dealkylation sites (N-methyl/N-ethyl adjacent to an activating group) is 1.